The zero-order valence-corrected chi connectivity index (χ0v) is 10.5. The molecule has 0 aromatic carbocycles. The molecule has 1 fully saturated rings. The summed E-state index contributed by atoms with van der Waals surface area (Å²) in [5.74, 6) is -1.47. The number of amides is 1. The van der Waals surface area contributed by atoms with Gasteiger partial charge in [0.1, 0.15) is 0 Å². The number of carbonyl (C=O) groups excluding carboxylic acids is 1. The summed E-state index contributed by atoms with van der Waals surface area (Å²) in [5.41, 5.74) is 5.74. The maximum absolute atomic E-state index is 11.8. The lowest BCUT2D eigenvalue weighted by Gasteiger charge is -2.30. The van der Waals surface area contributed by atoms with Crippen LogP contribution in [0.3, 0.4) is 0 Å². The molecule has 3 atom stereocenters. The SMILES string of the molecule is CC(C)[C@H](N)C(=O)NC1CCCCC1C(=O)O. The maximum atomic E-state index is 11.8. The minimum atomic E-state index is -0.826. The summed E-state index contributed by atoms with van der Waals surface area (Å²) < 4.78 is 0. The van der Waals surface area contributed by atoms with E-state index in [1.165, 1.54) is 0 Å². The standard InChI is InChI=1S/C12H22N2O3/c1-7(2)10(13)11(15)14-9-6-4-3-5-8(9)12(16)17/h7-10H,3-6,13H2,1-2H3,(H,14,15)(H,16,17)/t8?,9?,10-/m0/s1. The molecule has 0 aliphatic heterocycles. The van der Waals surface area contributed by atoms with E-state index in [1.807, 2.05) is 13.8 Å². The molecule has 0 radical (unpaired) electrons. The van der Waals surface area contributed by atoms with Gasteiger partial charge in [-0.25, -0.2) is 0 Å². The van der Waals surface area contributed by atoms with Crippen molar-refractivity contribution in [3.8, 4) is 0 Å². The molecule has 1 aliphatic rings. The lowest BCUT2D eigenvalue weighted by atomic mass is 9.84. The molecule has 1 saturated carbocycles. The van der Waals surface area contributed by atoms with Crippen LogP contribution < -0.4 is 11.1 Å². The molecule has 98 valence electrons. The van der Waals surface area contributed by atoms with Gasteiger partial charge in [0, 0.05) is 6.04 Å². The van der Waals surface area contributed by atoms with Crippen molar-refractivity contribution in [1.29, 1.82) is 0 Å². The number of hydrogen-bond donors (Lipinski definition) is 3. The van der Waals surface area contributed by atoms with Crippen LogP contribution in [0.25, 0.3) is 0 Å². The van der Waals surface area contributed by atoms with Crippen molar-refractivity contribution >= 4 is 11.9 Å². The average Bonchev–Trinajstić information content (AvgIpc) is 2.28. The Bertz CT molecular complexity index is 291. The molecule has 1 amide bonds. The van der Waals surface area contributed by atoms with Gasteiger partial charge in [-0.2, -0.15) is 0 Å². The summed E-state index contributed by atoms with van der Waals surface area (Å²) in [4.78, 5) is 22.9. The van der Waals surface area contributed by atoms with E-state index >= 15 is 0 Å². The highest BCUT2D eigenvalue weighted by Gasteiger charge is 2.33. The first-order valence-electron chi connectivity index (χ1n) is 6.22. The van der Waals surface area contributed by atoms with Gasteiger partial charge in [0.15, 0.2) is 0 Å². The molecule has 0 bridgehead atoms. The van der Waals surface area contributed by atoms with Gasteiger partial charge in [0.2, 0.25) is 5.91 Å². The summed E-state index contributed by atoms with van der Waals surface area (Å²) in [7, 11) is 0. The fourth-order valence-electron chi connectivity index (χ4n) is 2.18. The van der Waals surface area contributed by atoms with E-state index in [1.54, 1.807) is 0 Å². The lowest BCUT2D eigenvalue weighted by Crippen LogP contribution is -2.52. The molecule has 4 N–H and O–H groups in total. The molecule has 0 spiro atoms. The third kappa shape index (κ3) is 3.70. The van der Waals surface area contributed by atoms with Gasteiger partial charge < -0.3 is 16.2 Å². The highest BCUT2D eigenvalue weighted by Crippen LogP contribution is 2.24. The summed E-state index contributed by atoms with van der Waals surface area (Å²) in [6.45, 7) is 3.75. The topological polar surface area (TPSA) is 92.4 Å². The first kappa shape index (κ1) is 14.0. The second kappa shape index (κ2) is 6.00. The minimum Gasteiger partial charge on any atom is -0.481 e. The summed E-state index contributed by atoms with van der Waals surface area (Å²) >= 11 is 0. The van der Waals surface area contributed by atoms with Crippen LogP contribution in [0.4, 0.5) is 0 Å². The Kier molecular flexibility index (Phi) is 4.93. The Labute approximate surface area is 102 Å². The van der Waals surface area contributed by atoms with E-state index in [0.29, 0.717) is 6.42 Å². The number of rotatable bonds is 4. The van der Waals surface area contributed by atoms with Gasteiger partial charge in [0.25, 0.3) is 0 Å². The smallest absolute Gasteiger partial charge is 0.308 e. The van der Waals surface area contributed by atoms with Crippen LogP contribution in [0.1, 0.15) is 39.5 Å². The average molecular weight is 242 g/mol. The summed E-state index contributed by atoms with van der Waals surface area (Å²) in [5, 5.41) is 11.9. The van der Waals surface area contributed by atoms with Gasteiger partial charge in [-0.15, -0.1) is 0 Å². The van der Waals surface area contributed by atoms with E-state index in [0.717, 1.165) is 19.3 Å². The summed E-state index contributed by atoms with van der Waals surface area (Å²) in [6, 6.07) is -0.829. The van der Waals surface area contributed by atoms with E-state index in [-0.39, 0.29) is 17.9 Å². The lowest BCUT2D eigenvalue weighted by molar-refractivity contribution is -0.144. The van der Waals surface area contributed by atoms with E-state index in [9.17, 15) is 9.59 Å². The fourth-order valence-corrected chi connectivity index (χ4v) is 2.18. The van der Waals surface area contributed by atoms with E-state index in [4.69, 9.17) is 10.8 Å². The number of nitrogens with one attached hydrogen (secondary N) is 1. The number of carboxylic acid groups (broad SMARTS) is 1. The van der Waals surface area contributed by atoms with Crippen LogP contribution in [0.5, 0.6) is 0 Å². The van der Waals surface area contributed by atoms with Crippen molar-refractivity contribution in [2.75, 3.05) is 0 Å². The molecule has 0 aromatic rings. The first-order chi connectivity index (χ1) is 7.93. The Morgan fingerprint density at radius 3 is 2.41 bits per heavy atom. The molecule has 1 rings (SSSR count). The molecule has 5 nitrogen and oxygen atoms in total. The van der Waals surface area contributed by atoms with Crippen molar-refractivity contribution in [2.24, 2.45) is 17.6 Å². The molecule has 5 heteroatoms. The van der Waals surface area contributed by atoms with Crippen molar-refractivity contribution in [3.05, 3.63) is 0 Å². The van der Waals surface area contributed by atoms with Gasteiger partial charge in [-0.3, -0.25) is 9.59 Å². The largest absolute Gasteiger partial charge is 0.481 e. The maximum Gasteiger partial charge on any atom is 0.308 e. The zero-order chi connectivity index (χ0) is 13.0. The van der Waals surface area contributed by atoms with Crippen molar-refractivity contribution in [2.45, 2.75) is 51.6 Å². The molecule has 0 aromatic heterocycles. The highest BCUT2D eigenvalue weighted by atomic mass is 16.4. The molecular formula is C12H22N2O3. The van der Waals surface area contributed by atoms with Gasteiger partial charge in [-0.1, -0.05) is 26.7 Å². The normalized spacial score (nSPS) is 26.6. The monoisotopic (exact) mass is 242 g/mol. The van der Waals surface area contributed by atoms with Crippen LogP contribution in [-0.2, 0) is 9.59 Å². The van der Waals surface area contributed by atoms with E-state index < -0.39 is 17.9 Å². The summed E-state index contributed by atoms with van der Waals surface area (Å²) in [6.07, 6.45) is 3.25. The number of carbonyl (C=O) groups is 2. The van der Waals surface area contributed by atoms with E-state index in [2.05, 4.69) is 5.32 Å². The van der Waals surface area contributed by atoms with Gasteiger partial charge in [-0.05, 0) is 18.8 Å². The Balaban J connectivity index is 2.59. The fraction of sp³-hybridized carbons (Fsp3) is 0.833. The Morgan fingerprint density at radius 1 is 1.29 bits per heavy atom. The quantitative estimate of drug-likeness (QED) is 0.677. The van der Waals surface area contributed by atoms with Crippen LogP contribution in [0.15, 0.2) is 0 Å². The van der Waals surface area contributed by atoms with Crippen LogP contribution in [-0.4, -0.2) is 29.1 Å². The second-order valence-electron chi connectivity index (χ2n) is 5.11. The second-order valence-corrected chi connectivity index (χ2v) is 5.11. The van der Waals surface area contributed by atoms with Crippen LogP contribution in [0.2, 0.25) is 0 Å². The molecule has 17 heavy (non-hydrogen) atoms. The predicted octanol–water partition coefficient (Wildman–Crippen LogP) is 0.729. The third-order valence-corrected chi connectivity index (χ3v) is 3.43. The molecule has 2 unspecified atom stereocenters. The van der Waals surface area contributed by atoms with Crippen molar-refractivity contribution in [1.82, 2.24) is 5.32 Å². The van der Waals surface area contributed by atoms with Crippen molar-refractivity contribution in [3.63, 3.8) is 0 Å². The van der Waals surface area contributed by atoms with Crippen molar-refractivity contribution < 1.29 is 14.7 Å². The van der Waals surface area contributed by atoms with Crippen LogP contribution in [0, 0.1) is 11.8 Å². The minimum absolute atomic E-state index is 0.0573. The number of aliphatic carboxylic acids is 1. The number of hydrogen-bond acceptors (Lipinski definition) is 3. The third-order valence-electron chi connectivity index (χ3n) is 3.43. The van der Waals surface area contributed by atoms with Gasteiger partial charge in [0.05, 0.1) is 12.0 Å². The molecule has 1 aliphatic carbocycles. The molecular weight excluding hydrogens is 220 g/mol. The molecule has 0 heterocycles. The zero-order valence-electron chi connectivity index (χ0n) is 10.5. The Morgan fingerprint density at radius 2 is 1.88 bits per heavy atom. The highest BCUT2D eigenvalue weighted by molar-refractivity contribution is 5.83. The number of nitrogens with two attached hydrogens (primary N) is 1. The molecule has 0 saturated heterocycles. The predicted molar refractivity (Wildman–Crippen MR) is 64.3 cm³/mol. The Hall–Kier alpha value is -1.10. The van der Waals surface area contributed by atoms with Gasteiger partial charge >= 0.3 is 5.97 Å². The number of carboxylic acids is 1. The van der Waals surface area contributed by atoms with Crippen LogP contribution >= 0.6 is 0 Å². The first-order valence-corrected chi connectivity index (χ1v) is 6.22.